The molecule has 0 unspecified atom stereocenters. The molecule has 2 aromatic heterocycles. The van der Waals surface area contributed by atoms with Crippen LogP contribution >= 0.6 is 0 Å². The Labute approximate surface area is 267 Å². The molecule has 8 nitrogen and oxygen atoms in total. The van der Waals surface area contributed by atoms with E-state index in [9.17, 15) is 31.5 Å². The maximum absolute atomic E-state index is 14.0. The number of nitrogens with zero attached hydrogens (tertiary/aromatic N) is 5. The number of carbonyl (C=O) groups is 2. The van der Waals surface area contributed by atoms with Crippen molar-refractivity contribution in [1.82, 2.24) is 14.9 Å². The Morgan fingerprint density at radius 3 is 2.21 bits per heavy atom. The van der Waals surface area contributed by atoms with E-state index in [1.165, 1.54) is 23.9 Å². The maximum atomic E-state index is 14.0. The second-order valence-corrected chi connectivity index (χ2v) is 11.7. The summed E-state index contributed by atoms with van der Waals surface area (Å²) in [5, 5.41) is 0. The number of piperazine rings is 1. The Morgan fingerprint density at radius 1 is 0.830 bits per heavy atom. The number of anilines is 2. The molecule has 2 aliphatic heterocycles. The first-order valence-corrected chi connectivity index (χ1v) is 15.4. The van der Waals surface area contributed by atoms with E-state index in [0.717, 1.165) is 18.9 Å². The van der Waals surface area contributed by atoms with Gasteiger partial charge in [0, 0.05) is 57.4 Å². The van der Waals surface area contributed by atoms with Crippen molar-refractivity contribution in [3.05, 3.63) is 107 Å². The Morgan fingerprint density at radius 2 is 1.55 bits per heavy atom. The number of rotatable bonds is 8. The van der Waals surface area contributed by atoms with Gasteiger partial charge in [0.15, 0.2) is 17.3 Å². The molecule has 0 radical (unpaired) electrons. The molecular weight excluding hydrogens is 621 g/mol. The number of oxazole rings is 1. The summed E-state index contributed by atoms with van der Waals surface area (Å²) >= 11 is 0. The SMILES string of the molecule is O=C(Cc1ccc(N2CCN(C(=O)Cc3cccc(F)c3F)CC2)nc1)c1oc(N2CCC(c3ccccc3)CC2)nc1C(F)(F)F. The molecule has 6 rings (SSSR count). The topological polar surface area (TPSA) is 82.8 Å². The summed E-state index contributed by atoms with van der Waals surface area (Å²) in [5.74, 6) is -3.17. The summed E-state index contributed by atoms with van der Waals surface area (Å²) in [5.41, 5.74) is 0.245. The molecule has 246 valence electrons. The number of aromatic nitrogens is 2. The number of alkyl halides is 3. The highest BCUT2D eigenvalue weighted by Gasteiger charge is 2.42. The van der Waals surface area contributed by atoms with E-state index in [1.807, 2.05) is 35.2 Å². The first-order chi connectivity index (χ1) is 22.6. The van der Waals surface area contributed by atoms with Crippen LogP contribution in [0, 0.1) is 11.6 Å². The number of pyridine rings is 1. The first kappa shape index (κ1) is 32.1. The lowest BCUT2D eigenvalue weighted by Crippen LogP contribution is -2.49. The fourth-order valence-corrected chi connectivity index (χ4v) is 6.07. The molecule has 0 saturated carbocycles. The minimum atomic E-state index is -4.87. The maximum Gasteiger partial charge on any atom is 0.437 e. The molecule has 2 saturated heterocycles. The fourth-order valence-electron chi connectivity index (χ4n) is 6.07. The molecule has 47 heavy (non-hydrogen) atoms. The van der Waals surface area contributed by atoms with Crippen molar-refractivity contribution in [2.45, 2.75) is 37.8 Å². The third-order valence-electron chi connectivity index (χ3n) is 8.68. The van der Waals surface area contributed by atoms with E-state index >= 15 is 0 Å². The zero-order chi connectivity index (χ0) is 33.1. The van der Waals surface area contributed by atoms with Crippen LogP contribution < -0.4 is 9.80 Å². The lowest BCUT2D eigenvalue weighted by Gasteiger charge is -2.35. The Kier molecular flexibility index (Phi) is 9.24. The molecule has 0 aliphatic carbocycles. The van der Waals surface area contributed by atoms with Crippen LogP contribution in [-0.4, -0.2) is 65.8 Å². The highest BCUT2D eigenvalue weighted by atomic mass is 19.4. The number of hydrogen-bond acceptors (Lipinski definition) is 7. The predicted molar refractivity (Wildman–Crippen MR) is 163 cm³/mol. The fraction of sp³-hybridized carbons (Fsp3) is 0.353. The molecule has 0 bridgehead atoms. The second kappa shape index (κ2) is 13.5. The summed E-state index contributed by atoms with van der Waals surface area (Å²) < 4.78 is 74.8. The van der Waals surface area contributed by atoms with E-state index in [-0.39, 0.29) is 36.2 Å². The van der Waals surface area contributed by atoms with E-state index < -0.39 is 35.0 Å². The van der Waals surface area contributed by atoms with Crippen LogP contribution in [0.4, 0.5) is 33.8 Å². The molecule has 1 amide bonds. The lowest BCUT2D eigenvalue weighted by atomic mass is 9.90. The van der Waals surface area contributed by atoms with Gasteiger partial charge in [0.05, 0.1) is 6.42 Å². The van der Waals surface area contributed by atoms with Crippen LogP contribution in [0.3, 0.4) is 0 Å². The zero-order valence-corrected chi connectivity index (χ0v) is 25.3. The van der Waals surface area contributed by atoms with Gasteiger partial charge in [-0.3, -0.25) is 9.59 Å². The van der Waals surface area contributed by atoms with Crippen molar-refractivity contribution in [3.8, 4) is 0 Å². The number of benzene rings is 2. The van der Waals surface area contributed by atoms with Gasteiger partial charge in [-0.25, -0.2) is 13.8 Å². The monoisotopic (exact) mass is 653 g/mol. The summed E-state index contributed by atoms with van der Waals surface area (Å²) in [6, 6.07) is 16.7. The van der Waals surface area contributed by atoms with Gasteiger partial charge in [-0.2, -0.15) is 18.2 Å². The number of piperidine rings is 1. The molecule has 2 fully saturated rings. The van der Waals surface area contributed by atoms with Crippen molar-refractivity contribution >= 4 is 23.5 Å². The lowest BCUT2D eigenvalue weighted by molar-refractivity contribution is -0.141. The van der Waals surface area contributed by atoms with Crippen LogP contribution in [0.25, 0.3) is 0 Å². The van der Waals surface area contributed by atoms with Crippen molar-refractivity contribution in [2.24, 2.45) is 0 Å². The van der Waals surface area contributed by atoms with Crippen molar-refractivity contribution < 1.29 is 36.0 Å². The number of ketones is 1. The Balaban J connectivity index is 1.05. The molecule has 0 N–H and O–H groups in total. The van der Waals surface area contributed by atoms with Gasteiger partial charge >= 0.3 is 6.18 Å². The predicted octanol–water partition coefficient (Wildman–Crippen LogP) is 6.07. The van der Waals surface area contributed by atoms with Gasteiger partial charge in [0.1, 0.15) is 5.82 Å². The minimum absolute atomic E-state index is 0.00314. The summed E-state index contributed by atoms with van der Waals surface area (Å²) in [7, 11) is 0. The van der Waals surface area contributed by atoms with E-state index in [1.54, 1.807) is 21.9 Å². The van der Waals surface area contributed by atoms with Gasteiger partial charge in [0.25, 0.3) is 6.01 Å². The minimum Gasteiger partial charge on any atom is -0.420 e. The number of halogens is 5. The Bertz CT molecular complexity index is 1710. The first-order valence-electron chi connectivity index (χ1n) is 15.4. The normalized spacial score (nSPS) is 16.1. The molecule has 13 heteroatoms. The van der Waals surface area contributed by atoms with Crippen molar-refractivity contribution in [1.29, 1.82) is 0 Å². The molecular formula is C34H32F5N5O3. The number of carbonyl (C=O) groups excluding carboxylic acids is 2. The third kappa shape index (κ3) is 7.28. The van der Waals surface area contributed by atoms with E-state index in [2.05, 4.69) is 9.97 Å². The van der Waals surface area contributed by atoms with Crippen LogP contribution in [-0.2, 0) is 23.8 Å². The zero-order valence-electron chi connectivity index (χ0n) is 25.3. The summed E-state index contributed by atoms with van der Waals surface area (Å²) in [6.45, 7) is 2.45. The van der Waals surface area contributed by atoms with Crippen molar-refractivity contribution in [2.75, 3.05) is 49.1 Å². The molecule has 0 spiro atoms. The molecule has 4 aromatic rings. The number of hydrogen-bond donors (Lipinski definition) is 0. The smallest absolute Gasteiger partial charge is 0.420 e. The third-order valence-corrected chi connectivity index (χ3v) is 8.68. The Hall–Kier alpha value is -4.81. The quantitative estimate of drug-likeness (QED) is 0.169. The average Bonchev–Trinajstić information content (AvgIpc) is 3.55. The summed E-state index contributed by atoms with van der Waals surface area (Å²) in [6.07, 6.45) is -2.62. The summed E-state index contributed by atoms with van der Waals surface area (Å²) in [4.78, 5) is 39.0. The van der Waals surface area contributed by atoms with Gasteiger partial charge in [0.2, 0.25) is 17.5 Å². The number of amides is 1. The van der Waals surface area contributed by atoms with Gasteiger partial charge in [-0.1, -0.05) is 48.5 Å². The highest BCUT2D eigenvalue weighted by Crippen LogP contribution is 2.37. The van der Waals surface area contributed by atoms with Gasteiger partial charge < -0.3 is 19.1 Å². The molecule has 2 aromatic carbocycles. The highest BCUT2D eigenvalue weighted by molar-refractivity contribution is 5.96. The second-order valence-electron chi connectivity index (χ2n) is 11.7. The van der Waals surface area contributed by atoms with Gasteiger partial charge in [-0.05, 0) is 42.0 Å². The standard InChI is InChI=1S/C34H32F5N5O3/c35-26-8-4-7-25(30(26)36)20-29(46)43-17-15-42(16-18-43)28-10-9-22(21-40-28)19-27(45)31-32(34(37,38)39)41-33(47-31)44-13-11-24(12-14-44)23-5-2-1-3-6-23/h1-10,21,24H,11-20H2. The largest absolute Gasteiger partial charge is 0.437 e. The van der Waals surface area contributed by atoms with Crippen LogP contribution in [0.5, 0.6) is 0 Å². The number of Topliss-reactive ketones (excluding diaryl/α,β-unsaturated/α-hetero) is 1. The van der Waals surface area contributed by atoms with Crippen molar-refractivity contribution in [3.63, 3.8) is 0 Å². The van der Waals surface area contributed by atoms with Crippen LogP contribution in [0.1, 0.15) is 51.7 Å². The molecule has 0 atom stereocenters. The molecule has 2 aliphatic rings. The average molecular weight is 654 g/mol. The van der Waals surface area contributed by atoms with Crippen LogP contribution in [0.15, 0.2) is 71.3 Å². The van der Waals surface area contributed by atoms with Crippen LogP contribution in [0.2, 0.25) is 0 Å². The van der Waals surface area contributed by atoms with Gasteiger partial charge in [-0.15, -0.1) is 0 Å². The van der Waals surface area contributed by atoms with E-state index in [0.29, 0.717) is 50.6 Å². The molecule has 4 heterocycles. The van der Waals surface area contributed by atoms with E-state index in [4.69, 9.17) is 4.42 Å².